The number of unbranched alkanes of at least 4 members (excludes halogenated alkanes) is 3. The average Bonchev–Trinajstić information content (AvgIpc) is 3.22. The lowest BCUT2D eigenvalue weighted by molar-refractivity contribution is -0.155. The number of thioether (sulfide) groups is 1. The van der Waals surface area contributed by atoms with Crippen LogP contribution in [0.25, 0.3) is 0 Å². The first-order valence-electron chi connectivity index (χ1n) is 11.3. The molecule has 2 unspecified atom stereocenters. The van der Waals surface area contributed by atoms with Crippen LogP contribution >= 0.6 is 11.8 Å². The first kappa shape index (κ1) is 23.4. The number of aliphatic hydroxyl groups excluding tert-OH is 1. The van der Waals surface area contributed by atoms with E-state index in [0.29, 0.717) is 6.54 Å². The van der Waals surface area contributed by atoms with Gasteiger partial charge >= 0.3 is 5.97 Å². The predicted molar refractivity (Wildman–Crippen MR) is 116 cm³/mol. The highest BCUT2D eigenvalue weighted by atomic mass is 32.2. The maximum absolute atomic E-state index is 13.6. The number of rotatable bonds is 10. The summed E-state index contributed by atoms with van der Waals surface area (Å²) in [7, 11) is 0. The minimum Gasteiger partial charge on any atom is -0.466 e. The summed E-state index contributed by atoms with van der Waals surface area (Å²) in [5.41, 5.74) is 0. The first-order valence-corrected chi connectivity index (χ1v) is 12.1. The topological polar surface area (TPSA) is 95.9 Å². The number of amides is 2. The second-order valence-electron chi connectivity index (χ2n) is 9.31. The summed E-state index contributed by atoms with van der Waals surface area (Å²) in [4.78, 5) is 41.6. The van der Waals surface area contributed by atoms with Gasteiger partial charge in [0.1, 0.15) is 6.04 Å². The monoisotopic (exact) mass is 440 g/mol. The molecule has 3 rings (SSSR count). The van der Waals surface area contributed by atoms with Crippen LogP contribution in [0.5, 0.6) is 0 Å². The Bertz CT molecular complexity index is 686. The standard InChI is InChI=1S/C22H36N2O5S/c1-5-29-20(28)16-15-19(27)24(12-8-6-7-9-13-25)17(18(26)23-14(2)3)22(15)11-10-21(16,4)30-22/h14-17,25H,5-13H2,1-4H3,(H,23,26)/t15-,16-,17?,21+,22?/m0/s1. The van der Waals surface area contributed by atoms with Crippen molar-refractivity contribution in [2.45, 2.75) is 87.8 Å². The van der Waals surface area contributed by atoms with Crippen LogP contribution in [-0.2, 0) is 19.1 Å². The van der Waals surface area contributed by atoms with Crippen molar-refractivity contribution < 1.29 is 24.2 Å². The molecule has 7 nitrogen and oxygen atoms in total. The molecule has 170 valence electrons. The molecule has 0 aromatic rings. The van der Waals surface area contributed by atoms with Gasteiger partial charge in [-0.1, -0.05) is 12.8 Å². The SMILES string of the molecule is CCOC(=O)[C@@H]1[C@H]2C(=O)N(CCCCCCO)C(C(=O)NC(C)C)C23CC[C@@]1(C)S3. The van der Waals surface area contributed by atoms with E-state index in [9.17, 15) is 14.4 Å². The maximum Gasteiger partial charge on any atom is 0.311 e. The molecule has 0 aromatic heterocycles. The van der Waals surface area contributed by atoms with Gasteiger partial charge < -0.3 is 20.1 Å². The lowest BCUT2D eigenvalue weighted by atomic mass is 9.66. The Morgan fingerprint density at radius 3 is 2.60 bits per heavy atom. The molecular weight excluding hydrogens is 404 g/mol. The number of hydrogen-bond donors (Lipinski definition) is 2. The third-order valence-electron chi connectivity index (χ3n) is 6.80. The second-order valence-corrected chi connectivity index (χ2v) is 11.2. The zero-order valence-corrected chi connectivity index (χ0v) is 19.4. The Morgan fingerprint density at radius 2 is 1.97 bits per heavy atom. The number of likely N-dealkylation sites (tertiary alicyclic amines) is 1. The molecular formula is C22H36N2O5S. The number of nitrogens with one attached hydrogen (secondary N) is 1. The summed E-state index contributed by atoms with van der Waals surface area (Å²) in [6, 6.07) is -0.573. The number of aliphatic hydroxyl groups is 1. The number of fused-ring (bicyclic) bond motifs is 1. The summed E-state index contributed by atoms with van der Waals surface area (Å²) in [5, 5.41) is 12.0. The van der Waals surface area contributed by atoms with Crippen LogP contribution in [0.3, 0.4) is 0 Å². The zero-order valence-electron chi connectivity index (χ0n) is 18.6. The number of ether oxygens (including phenoxy) is 1. The molecule has 3 heterocycles. The fraction of sp³-hybridized carbons (Fsp3) is 0.864. The van der Waals surface area contributed by atoms with Gasteiger partial charge in [0.2, 0.25) is 11.8 Å². The third-order valence-corrected chi connectivity index (χ3v) is 8.79. The highest BCUT2D eigenvalue weighted by Gasteiger charge is 2.77. The fourth-order valence-electron chi connectivity index (χ4n) is 5.67. The second kappa shape index (κ2) is 9.07. The van der Waals surface area contributed by atoms with Crippen LogP contribution < -0.4 is 5.32 Å². The Hall–Kier alpha value is -1.28. The molecule has 0 radical (unpaired) electrons. The van der Waals surface area contributed by atoms with Gasteiger partial charge in [0, 0.05) is 23.9 Å². The van der Waals surface area contributed by atoms with E-state index in [-0.39, 0.29) is 41.8 Å². The molecule has 3 aliphatic heterocycles. The largest absolute Gasteiger partial charge is 0.466 e. The molecule has 2 bridgehead atoms. The van der Waals surface area contributed by atoms with Crippen LogP contribution in [0.15, 0.2) is 0 Å². The Balaban J connectivity index is 1.90. The van der Waals surface area contributed by atoms with Crippen molar-refractivity contribution in [3.63, 3.8) is 0 Å². The van der Waals surface area contributed by atoms with E-state index in [4.69, 9.17) is 9.84 Å². The lowest BCUT2D eigenvalue weighted by Crippen LogP contribution is -2.54. The summed E-state index contributed by atoms with van der Waals surface area (Å²) in [6.07, 6.45) is 4.89. The smallest absolute Gasteiger partial charge is 0.311 e. The molecule has 30 heavy (non-hydrogen) atoms. The van der Waals surface area contributed by atoms with Crippen molar-refractivity contribution >= 4 is 29.5 Å². The van der Waals surface area contributed by atoms with Crippen molar-refractivity contribution in [2.75, 3.05) is 19.8 Å². The third kappa shape index (κ3) is 3.85. The minimum atomic E-state index is -0.562. The molecule has 0 aromatic carbocycles. The lowest BCUT2D eigenvalue weighted by Gasteiger charge is -2.34. The molecule has 0 saturated carbocycles. The van der Waals surface area contributed by atoms with Crippen molar-refractivity contribution in [3.05, 3.63) is 0 Å². The van der Waals surface area contributed by atoms with Crippen molar-refractivity contribution in [3.8, 4) is 0 Å². The average molecular weight is 441 g/mol. The van der Waals surface area contributed by atoms with Crippen LogP contribution in [0.2, 0.25) is 0 Å². The van der Waals surface area contributed by atoms with Crippen molar-refractivity contribution in [1.29, 1.82) is 0 Å². The van der Waals surface area contributed by atoms with E-state index >= 15 is 0 Å². The summed E-state index contributed by atoms with van der Waals surface area (Å²) in [6.45, 7) is 8.64. The van der Waals surface area contributed by atoms with E-state index in [1.54, 1.807) is 23.6 Å². The first-order chi connectivity index (χ1) is 14.2. The molecule has 3 aliphatic rings. The zero-order chi connectivity index (χ0) is 22.1. The molecule has 1 spiro atoms. The van der Waals surface area contributed by atoms with Gasteiger partial charge in [-0.2, -0.15) is 0 Å². The normalized spacial score (nSPS) is 34.5. The Labute approximate surface area is 183 Å². The van der Waals surface area contributed by atoms with Gasteiger partial charge in [-0.25, -0.2) is 0 Å². The molecule has 3 saturated heterocycles. The van der Waals surface area contributed by atoms with Gasteiger partial charge in [0.25, 0.3) is 0 Å². The Morgan fingerprint density at radius 1 is 1.27 bits per heavy atom. The van der Waals surface area contributed by atoms with Crippen LogP contribution in [0.1, 0.15) is 66.2 Å². The maximum atomic E-state index is 13.6. The van der Waals surface area contributed by atoms with Crippen LogP contribution in [0.4, 0.5) is 0 Å². The van der Waals surface area contributed by atoms with Gasteiger partial charge in [-0.3, -0.25) is 14.4 Å². The van der Waals surface area contributed by atoms with Gasteiger partial charge in [-0.15, -0.1) is 11.8 Å². The molecule has 8 heteroatoms. The highest BCUT2D eigenvalue weighted by molar-refractivity contribution is 8.02. The van der Waals surface area contributed by atoms with Crippen LogP contribution in [-0.4, -0.2) is 69.1 Å². The van der Waals surface area contributed by atoms with E-state index in [0.717, 1.165) is 38.5 Å². The van der Waals surface area contributed by atoms with Gasteiger partial charge in [0.15, 0.2) is 0 Å². The summed E-state index contributed by atoms with van der Waals surface area (Å²) in [5.74, 6) is -1.49. The van der Waals surface area contributed by atoms with E-state index in [1.807, 2.05) is 13.8 Å². The van der Waals surface area contributed by atoms with E-state index < -0.39 is 22.6 Å². The molecule has 2 amide bonds. The molecule has 3 fully saturated rings. The number of esters is 1. The van der Waals surface area contributed by atoms with Gasteiger partial charge in [-0.05, 0) is 53.4 Å². The number of carbonyl (C=O) groups is 3. The van der Waals surface area contributed by atoms with E-state index in [2.05, 4.69) is 12.2 Å². The summed E-state index contributed by atoms with van der Waals surface area (Å²) >= 11 is 1.68. The van der Waals surface area contributed by atoms with Gasteiger partial charge in [0.05, 0.1) is 23.2 Å². The molecule has 2 N–H and O–H groups in total. The molecule has 5 atom stereocenters. The predicted octanol–water partition coefficient (Wildman–Crippen LogP) is 2.11. The number of hydrogen-bond acceptors (Lipinski definition) is 6. The highest BCUT2D eigenvalue weighted by Crippen LogP contribution is 2.71. The minimum absolute atomic E-state index is 0.0190. The van der Waals surface area contributed by atoms with Crippen molar-refractivity contribution in [1.82, 2.24) is 10.2 Å². The van der Waals surface area contributed by atoms with Crippen LogP contribution in [0, 0.1) is 11.8 Å². The fourth-order valence-corrected chi connectivity index (χ4v) is 8.01. The Kier molecular flexibility index (Phi) is 7.07. The number of nitrogens with zero attached hydrogens (tertiary/aromatic N) is 1. The van der Waals surface area contributed by atoms with E-state index in [1.165, 1.54) is 0 Å². The quantitative estimate of drug-likeness (QED) is 0.399. The van der Waals surface area contributed by atoms with Crippen molar-refractivity contribution in [2.24, 2.45) is 11.8 Å². The summed E-state index contributed by atoms with van der Waals surface area (Å²) < 4.78 is 4.44. The number of carbonyl (C=O) groups excluding carboxylic acids is 3. The molecule has 0 aliphatic carbocycles.